The molecule has 0 radical (unpaired) electrons. The van der Waals surface area contributed by atoms with Gasteiger partial charge in [-0.1, -0.05) is 30.3 Å². The molecule has 0 bridgehead atoms. The molecule has 3 heteroatoms. The summed E-state index contributed by atoms with van der Waals surface area (Å²) in [5.41, 5.74) is 2.35. The van der Waals surface area contributed by atoms with Gasteiger partial charge in [0.05, 0.1) is 7.11 Å². The molecule has 0 saturated heterocycles. The normalized spacial score (nSPS) is 10.3. The molecule has 3 nitrogen and oxygen atoms in total. The predicted octanol–water partition coefficient (Wildman–Crippen LogP) is 2.42. The molecule has 0 spiro atoms. The Labute approximate surface area is 108 Å². The first-order valence-electron chi connectivity index (χ1n) is 6.12. The second-order valence-electron chi connectivity index (χ2n) is 4.10. The van der Waals surface area contributed by atoms with Gasteiger partial charge in [-0.05, 0) is 11.6 Å². The van der Waals surface area contributed by atoms with Crippen LogP contribution in [-0.4, -0.2) is 18.6 Å². The zero-order valence-corrected chi connectivity index (χ0v) is 10.6. The number of nitrogens with one attached hydrogen (secondary N) is 1. The van der Waals surface area contributed by atoms with Crippen molar-refractivity contribution in [2.24, 2.45) is 0 Å². The molecule has 0 fully saturated rings. The van der Waals surface area contributed by atoms with E-state index in [9.17, 15) is 0 Å². The molecule has 0 aliphatic carbocycles. The van der Waals surface area contributed by atoms with Crippen molar-refractivity contribution in [3.8, 4) is 5.75 Å². The number of rotatable bonds is 6. The van der Waals surface area contributed by atoms with Gasteiger partial charge in [-0.3, -0.25) is 4.98 Å². The molecule has 0 aliphatic rings. The quantitative estimate of drug-likeness (QED) is 0.790. The van der Waals surface area contributed by atoms with Crippen LogP contribution in [0, 0.1) is 0 Å². The van der Waals surface area contributed by atoms with E-state index in [1.54, 1.807) is 13.3 Å². The van der Waals surface area contributed by atoms with Crippen LogP contribution < -0.4 is 10.1 Å². The van der Waals surface area contributed by atoms with Gasteiger partial charge in [0.25, 0.3) is 0 Å². The Hall–Kier alpha value is -1.87. The highest BCUT2D eigenvalue weighted by atomic mass is 16.5. The van der Waals surface area contributed by atoms with Crippen molar-refractivity contribution in [1.29, 1.82) is 0 Å². The van der Waals surface area contributed by atoms with Crippen LogP contribution in [0.1, 0.15) is 11.3 Å². The van der Waals surface area contributed by atoms with Crippen LogP contribution in [0.25, 0.3) is 0 Å². The third kappa shape index (κ3) is 3.86. The standard InChI is InChI=1S/C15H18N2O/c1-18-15-8-10-17-14(11-15)7-9-16-12-13-5-3-2-4-6-13/h2-6,8,10-11,16H,7,9,12H2,1H3. The van der Waals surface area contributed by atoms with E-state index in [1.807, 2.05) is 18.2 Å². The molecule has 0 amide bonds. The molecule has 1 N–H and O–H groups in total. The van der Waals surface area contributed by atoms with Crippen molar-refractivity contribution >= 4 is 0 Å². The highest BCUT2D eigenvalue weighted by molar-refractivity contribution is 5.22. The molecule has 1 aromatic carbocycles. The second kappa shape index (κ2) is 6.77. The molecule has 2 aromatic rings. The lowest BCUT2D eigenvalue weighted by Crippen LogP contribution is -2.17. The average molecular weight is 242 g/mol. The van der Waals surface area contributed by atoms with Crippen molar-refractivity contribution in [3.63, 3.8) is 0 Å². The van der Waals surface area contributed by atoms with Gasteiger partial charge < -0.3 is 10.1 Å². The average Bonchev–Trinajstić information content (AvgIpc) is 2.45. The smallest absolute Gasteiger partial charge is 0.122 e. The van der Waals surface area contributed by atoms with Crippen LogP contribution in [0.4, 0.5) is 0 Å². The SMILES string of the molecule is COc1ccnc(CCNCc2ccccc2)c1. The zero-order valence-electron chi connectivity index (χ0n) is 10.6. The van der Waals surface area contributed by atoms with Crippen LogP contribution in [-0.2, 0) is 13.0 Å². The summed E-state index contributed by atoms with van der Waals surface area (Å²) in [6.07, 6.45) is 2.69. The third-order valence-corrected chi connectivity index (χ3v) is 2.75. The first-order chi connectivity index (χ1) is 8.88. The van der Waals surface area contributed by atoms with E-state index in [2.05, 4.69) is 34.6 Å². The molecule has 18 heavy (non-hydrogen) atoms. The first-order valence-corrected chi connectivity index (χ1v) is 6.12. The van der Waals surface area contributed by atoms with E-state index in [0.717, 1.165) is 31.0 Å². The number of ether oxygens (including phenoxy) is 1. The fourth-order valence-corrected chi connectivity index (χ4v) is 1.76. The lowest BCUT2D eigenvalue weighted by Gasteiger charge is -2.05. The minimum atomic E-state index is 0.864. The summed E-state index contributed by atoms with van der Waals surface area (Å²) >= 11 is 0. The topological polar surface area (TPSA) is 34.1 Å². The fraction of sp³-hybridized carbons (Fsp3) is 0.267. The van der Waals surface area contributed by atoms with E-state index >= 15 is 0 Å². The van der Waals surface area contributed by atoms with E-state index in [-0.39, 0.29) is 0 Å². The Kier molecular flexibility index (Phi) is 4.73. The number of hydrogen-bond donors (Lipinski definition) is 1. The minimum Gasteiger partial charge on any atom is -0.497 e. The number of hydrogen-bond acceptors (Lipinski definition) is 3. The number of aromatic nitrogens is 1. The number of pyridine rings is 1. The third-order valence-electron chi connectivity index (χ3n) is 2.75. The minimum absolute atomic E-state index is 0.864. The Balaban J connectivity index is 1.75. The van der Waals surface area contributed by atoms with Crippen molar-refractivity contribution in [3.05, 3.63) is 59.9 Å². The van der Waals surface area contributed by atoms with Crippen LogP contribution in [0.3, 0.4) is 0 Å². The van der Waals surface area contributed by atoms with E-state index < -0.39 is 0 Å². The monoisotopic (exact) mass is 242 g/mol. The molecule has 1 aromatic heterocycles. The van der Waals surface area contributed by atoms with Gasteiger partial charge in [0, 0.05) is 37.5 Å². The summed E-state index contributed by atoms with van der Waals surface area (Å²) in [6.45, 7) is 1.81. The maximum absolute atomic E-state index is 5.17. The molecule has 2 rings (SSSR count). The Bertz CT molecular complexity index is 471. The summed E-state index contributed by atoms with van der Waals surface area (Å²) in [7, 11) is 1.67. The van der Waals surface area contributed by atoms with E-state index in [0.29, 0.717) is 0 Å². The largest absolute Gasteiger partial charge is 0.497 e. The number of methoxy groups -OCH3 is 1. The van der Waals surface area contributed by atoms with E-state index in [1.165, 1.54) is 5.56 Å². The van der Waals surface area contributed by atoms with Crippen LogP contribution in [0.5, 0.6) is 5.75 Å². The van der Waals surface area contributed by atoms with Crippen LogP contribution in [0.2, 0.25) is 0 Å². The summed E-state index contributed by atoms with van der Waals surface area (Å²) < 4.78 is 5.17. The van der Waals surface area contributed by atoms with Gasteiger partial charge >= 0.3 is 0 Å². The molecular weight excluding hydrogens is 224 g/mol. The van der Waals surface area contributed by atoms with Gasteiger partial charge in [0.15, 0.2) is 0 Å². The van der Waals surface area contributed by atoms with Crippen molar-refractivity contribution in [2.45, 2.75) is 13.0 Å². The predicted molar refractivity (Wildman–Crippen MR) is 72.6 cm³/mol. The lowest BCUT2D eigenvalue weighted by molar-refractivity contribution is 0.413. The lowest BCUT2D eigenvalue weighted by atomic mass is 10.2. The van der Waals surface area contributed by atoms with Crippen LogP contribution >= 0.6 is 0 Å². The Morgan fingerprint density at radius 1 is 1.17 bits per heavy atom. The van der Waals surface area contributed by atoms with Gasteiger partial charge in [0.1, 0.15) is 5.75 Å². The Morgan fingerprint density at radius 3 is 2.78 bits per heavy atom. The molecule has 0 aliphatic heterocycles. The van der Waals surface area contributed by atoms with Gasteiger partial charge in [-0.25, -0.2) is 0 Å². The zero-order chi connectivity index (χ0) is 12.6. The van der Waals surface area contributed by atoms with Crippen molar-refractivity contribution in [2.75, 3.05) is 13.7 Å². The maximum atomic E-state index is 5.17. The van der Waals surface area contributed by atoms with Gasteiger partial charge in [0.2, 0.25) is 0 Å². The Morgan fingerprint density at radius 2 is 2.00 bits per heavy atom. The van der Waals surface area contributed by atoms with E-state index in [4.69, 9.17) is 4.74 Å². The highest BCUT2D eigenvalue weighted by Crippen LogP contribution is 2.09. The second-order valence-corrected chi connectivity index (χ2v) is 4.10. The van der Waals surface area contributed by atoms with Gasteiger partial charge in [-0.2, -0.15) is 0 Å². The molecule has 0 unspecified atom stereocenters. The summed E-state index contributed by atoms with van der Waals surface area (Å²) in [6, 6.07) is 14.2. The van der Waals surface area contributed by atoms with Crippen molar-refractivity contribution in [1.82, 2.24) is 10.3 Å². The molecule has 94 valence electrons. The number of benzene rings is 1. The summed E-state index contributed by atoms with van der Waals surface area (Å²) in [4.78, 5) is 4.31. The van der Waals surface area contributed by atoms with Gasteiger partial charge in [-0.15, -0.1) is 0 Å². The molecule has 0 saturated carbocycles. The summed E-state index contributed by atoms with van der Waals surface area (Å²) in [5, 5.41) is 3.41. The molecule has 1 heterocycles. The van der Waals surface area contributed by atoms with Crippen molar-refractivity contribution < 1.29 is 4.74 Å². The fourth-order valence-electron chi connectivity index (χ4n) is 1.76. The molecule has 0 atom stereocenters. The highest BCUT2D eigenvalue weighted by Gasteiger charge is 1.97. The van der Waals surface area contributed by atoms with Crippen LogP contribution in [0.15, 0.2) is 48.7 Å². The molecular formula is C15H18N2O. The maximum Gasteiger partial charge on any atom is 0.122 e. The number of nitrogens with zero attached hydrogens (tertiary/aromatic N) is 1. The summed E-state index contributed by atoms with van der Waals surface area (Å²) in [5.74, 6) is 0.864. The first kappa shape index (κ1) is 12.6.